The zero-order chi connectivity index (χ0) is 23.8. The van der Waals surface area contributed by atoms with Crippen LogP contribution in [0.4, 0.5) is 0 Å². The number of nitrogens with two attached hydrogens (primary N) is 1. The summed E-state index contributed by atoms with van der Waals surface area (Å²) < 4.78 is 2.06. The summed E-state index contributed by atoms with van der Waals surface area (Å²) in [5.74, 6) is -1.24. The van der Waals surface area contributed by atoms with Crippen molar-refractivity contribution < 1.29 is 14.7 Å². The number of aliphatic carboxylic acids is 1. The molecule has 0 spiro atoms. The van der Waals surface area contributed by atoms with Gasteiger partial charge in [0.25, 0.3) is 0 Å². The van der Waals surface area contributed by atoms with E-state index in [1.165, 1.54) is 6.20 Å². The van der Waals surface area contributed by atoms with Crippen LogP contribution in [0.15, 0.2) is 60.6 Å². The highest BCUT2D eigenvalue weighted by molar-refractivity contribution is 5.88. The molecule has 1 amide bonds. The first-order chi connectivity index (χ1) is 15.2. The maximum Gasteiger partial charge on any atom is 0.303 e. The van der Waals surface area contributed by atoms with E-state index in [4.69, 9.17) is 5.73 Å². The Morgan fingerprint density at radius 1 is 1.31 bits per heavy atom. The molecule has 1 aromatic heterocycles. The average molecular weight is 438 g/mol. The molecule has 0 radical (unpaired) electrons. The summed E-state index contributed by atoms with van der Waals surface area (Å²) in [7, 11) is 1.99. The van der Waals surface area contributed by atoms with Crippen LogP contribution in [0.1, 0.15) is 50.7 Å². The zero-order valence-corrected chi connectivity index (χ0v) is 19.6. The predicted octanol–water partition coefficient (Wildman–Crippen LogP) is 5.03. The van der Waals surface area contributed by atoms with Crippen LogP contribution in [0, 0.1) is 12.8 Å². The molecule has 0 saturated heterocycles. The Kier molecular flexibility index (Phi) is 8.88. The largest absolute Gasteiger partial charge is 0.481 e. The van der Waals surface area contributed by atoms with Crippen molar-refractivity contribution in [3.8, 4) is 0 Å². The van der Waals surface area contributed by atoms with Crippen molar-refractivity contribution in [3.63, 3.8) is 0 Å². The normalized spacial score (nSPS) is 13.2. The van der Waals surface area contributed by atoms with Gasteiger partial charge in [-0.15, -0.1) is 0 Å². The number of hydrogen-bond acceptors (Lipinski definition) is 3. The molecule has 0 aliphatic rings. The van der Waals surface area contributed by atoms with E-state index in [0.717, 1.165) is 34.0 Å². The quantitative estimate of drug-likeness (QED) is 0.483. The smallest absolute Gasteiger partial charge is 0.303 e. The van der Waals surface area contributed by atoms with Crippen molar-refractivity contribution >= 4 is 22.8 Å². The molecule has 0 fully saturated rings. The molecule has 172 valence electrons. The Bertz CT molecular complexity index is 1050. The van der Waals surface area contributed by atoms with E-state index in [1.54, 1.807) is 11.0 Å². The summed E-state index contributed by atoms with van der Waals surface area (Å²) in [4.78, 5) is 26.5. The van der Waals surface area contributed by atoms with Crippen molar-refractivity contribution in [1.29, 1.82) is 0 Å². The lowest BCUT2D eigenvalue weighted by Crippen LogP contribution is -2.33. The third-order valence-electron chi connectivity index (χ3n) is 5.77. The molecular weight excluding hydrogens is 402 g/mol. The van der Waals surface area contributed by atoms with E-state index in [-0.39, 0.29) is 24.7 Å². The van der Waals surface area contributed by atoms with Crippen molar-refractivity contribution in [2.24, 2.45) is 18.7 Å². The summed E-state index contributed by atoms with van der Waals surface area (Å²) in [5.41, 5.74) is 10.7. The molecule has 1 unspecified atom stereocenters. The van der Waals surface area contributed by atoms with Gasteiger partial charge < -0.3 is 20.3 Å². The highest BCUT2D eigenvalue weighted by atomic mass is 16.4. The summed E-state index contributed by atoms with van der Waals surface area (Å²) in [6, 6.07) is 6.14. The first kappa shape index (κ1) is 25.0. The van der Waals surface area contributed by atoms with Crippen LogP contribution in [-0.2, 0) is 23.2 Å². The van der Waals surface area contributed by atoms with Gasteiger partial charge in [0.1, 0.15) is 0 Å². The van der Waals surface area contributed by atoms with Gasteiger partial charge in [-0.05, 0) is 49.0 Å². The van der Waals surface area contributed by atoms with Crippen molar-refractivity contribution in [3.05, 3.63) is 71.7 Å². The van der Waals surface area contributed by atoms with Crippen molar-refractivity contribution in [1.82, 2.24) is 9.47 Å². The lowest BCUT2D eigenvalue weighted by Gasteiger charge is -2.28. The van der Waals surface area contributed by atoms with Crippen LogP contribution in [0.2, 0.25) is 0 Å². The summed E-state index contributed by atoms with van der Waals surface area (Å²) >= 11 is 0. The number of allylic oxidation sites excluding steroid dienone is 3. The molecule has 1 aromatic carbocycles. The zero-order valence-electron chi connectivity index (χ0n) is 19.6. The van der Waals surface area contributed by atoms with Crippen LogP contribution < -0.4 is 5.73 Å². The average Bonchev–Trinajstić information content (AvgIpc) is 3.04. The van der Waals surface area contributed by atoms with Gasteiger partial charge in [-0.1, -0.05) is 44.2 Å². The highest BCUT2D eigenvalue weighted by Crippen LogP contribution is 2.29. The Morgan fingerprint density at radius 2 is 2.03 bits per heavy atom. The second-order valence-corrected chi connectivity index (χ2v) is 8.31. The topological polar surface area (TPSA) is 88.6 Å². The Morgan fingerprint density at radius 3 is 2.62 bits per heavy atom. The number of carboxylic acids is 1. The standard InChI is InChI=1S/C26H35N3O3/c1-6-9-18(3)23(15-27)29(24(30)13-20(10-7-2)14-25(31)32)17-21-16-28(5)22-12-8-11-19(4)26(21)22/h6,8-9,11-12,15-16,20H,1,7,10,13-14,17,27H2,2-5H3,(H,31,32)/b18-9-,23-15+. The van der Waals surface area contributed by atoms with E-state index in [0.29, 0.717) is 18.7 Å². The minimum absolute atomic E-state index is 0.0239. The highest BCUT2D eigenvalue weighted by Gasteiger charge is 2.25. The number of carbonyl (C=O) groups is 2. The van der Waals surface area contributed by atoms with E-state index in [1.807, 2.05) is 39.2 Å². The molecular formula is C26H35N3O3. The summed E-state index contributed by atoms with van der Waals surface area (Å²) in [6.45, 7) is 10.0. The van der Waals surface area contributed by atoms with Crippen LogP contribution in [-0.4, -0.2) is 26.5 Å². The fraction of sp³-hybridized carbons (Fsp3) is 0.385. The van der Waals surface area contributed by atoms with E-state index in [9.17, 15) is 14.7 Å². The Hall–Kier alpha value is -3.28. The SMILES string of the molecule is C=C/C=C(C)\C(=C/N)N(Cc1cn(C)c2cccc(C)c12)C(=O)CC(CCC)CC(=O)O. The van der Waals surface area contributed by atoms with E-state index >= 15 is 0 Å². The van der Waals surface area contributed by atoms with Gasteiger partial charge in [-0.25, -0.2) is 0 Å². The lowest BCUT2D eigenvalue weighted by molar-refractivity contribution is -0.138. The number of rotatable bonds is 11. The summed E-state index contributed by atoms with van der Waals surface area (Å²) in [5, 5.41) is 10.4. The van der Waals surface area contributed by atoms with Gasteiger partial charge in [-0.2, -0.15) is 0 Å². The molecule has 32 heavy (non-hydrogen) atoms. The lowest BCUT2D eigenvalue weighted by atomic mass is 9.95. The van der Waals surface area contributed by atoms with Gasteiger partial charge in [0.15, 0.2) is 0 Å². The molecule has 6 heteroatoms. The maximum atomic E-state index is 13.5. The minimum atomic E-state index is -0.884. The van der Waals surface area contributed by atoms with Crippen molar-refractivity contribution in [2.75, 3.05) is 0 Å². The minimum Gasteiger partial charge on any atom is -0.481 e. The number of nitrogens with zero attached hydrogens (tertiary/aromatic N) is 2. The molecule has 0 aliphatic carbocycles. The van der Waals surface area contributed by atoms with Gasteiger partial charge in [0.2, 0.25) is 5.91 Å². The third-order valence-corrected chi connectivity index (χ3v) is 5.77. The number of fused-ring (bicyclic) bond motifs is 1. The molecule has 2 aromatic rings. The van der Waals surface area contributed by atoms with Crippen LogP contribution in [0.3, 0.4) is 0 Å². The fourth-order valence-electron chi connectivity index (χ4n) is 4.31. The number of benzene rings is 1. The summed E-state index contributed by atoms with van der Waals surface area (Å²) in [6.07, 6.45) is 8.59. The Balaban J connectivity index is 2.50. The molecule has 0 aliphatic heterocycles. The second-order valence-electron chi connectivity index (χ2n) is 8.31. The first-order valence-electron chi connectivity index (χ1n) is 11.0. The van der Waals surface area contributed by atoms with E-state index in [2.05, 4.69) is 30.2 Å². The predicted molar refractivity (Wildman–Crippen MR) is 130 cm³/mol. The van der Waals surface area contributed by atoms with Gasteiger partial charge in [0.05, 0.1) is 12.2 Å². The number of amides is 1. The maximum absolute atomic E-state index is 13.5. The molecule has 1 heterocycles. The van der Waals surface area contributed by atoms with E-state index < -0.39 is 5.97 Å². The number of hydrogen-bond donors (Lipinski definition) is 2. The molecule has 0 saturated carbocycles. The number of carbonyl (C=O) groups excluding carboxylic acids is 1. The molecule has 2 rings (SSSR count). The van der Waals surface area contributed by atoms with Crippen LogP contribution >= 0.6 is 0 Å². The fourth-order valence-corrected chi connectivity index (χ4v) is 4.31. The van der Waals surface area contributed by atoms with Gasteiger partial charge in [-0.3, -0.25) is 9.59 Å². The molecule has 3 N–H and O–H groups in total. The van der Waals surface area contributed by atoms with Gasteiger partial charge in [0, 0.05) is 43.2 Å². The number of carboxylic acid groups (broad SMARTS) is 1. The molecule has 0 bridgehead atoms. The molecule has 6 nitrogen and oxygen atoms in total. The monoisotopic (exact) mass is 437 g/mol. The first-order valence-corrected chi connectivity index (χ1v) is 11.0. The second kappa shape index (κ2) is 11.4. The number of aromatic nitrogens is 1. The van der Waals surface area contributed by atoms with Crippen molar-refractivity contribution in [2.45, 2.75) is 53.0 Å². The van der Waals surface area contributed by atoms with Gasteiger partial charge >= 0.3 is 5.97 Å². The Labute approximate surface area is 190 Å². The third kappa shape index (κ3) is 5.90. The van der Waals surface area contributed by atoms with Crippen LogP contribution in [0.5, 0.6) is 0 Å². The molecule has 1 atom stereocenters. The number of aryl methyl sites for hydroxylation is 2. The van der Waals surface area contributed by atoms with Crippen LogP contribution in [0.25, 0.3) is 10.9 Å².